The topological polar surface area (TPSA) is 9.23 Å². The number of ether oxygens (including phenoxy) is 1. The molecule has 54 valence electrons. The summed E-state index contributed by atoms with van der Waals surface area (Å²) in [6.07, 6.45) is 0.166. The van der Waals surface area contributed by atoms with Crippen molar-refractivity contribution in [3.63, 3.8) is 0 Å². The van der Waals surface area contributed by atoms with Gasteiger partial charge in [0.25, 0.3) is 0 Å². The van der Waals surface area contributed by atoms with Crippen LogP contribution in [-0.4, -0.2) is 24.7 Å². The summed E-state index contributed by atoms with van der Waals surface area (Å²) in [6, 6.07) is 0. The average molecular weight is 197 g/mol. The SMILES string of the molecule is F[C@H](CBr)[C@H]1CCOC1. The zero-order valence-electron chi connectivity index (χ0n) is 5.15. The summed E-state index contributed by atoms with van der Waals surface area (Å²) < 4.78 is 17.7. The molecular formula is C6H10BrFO. The van der Waals surface area contributed by atoms with E-state index < -0.39 is 6.17 Å². The molecule has 0 N–H and O–H groups in total. The van der Waals surface area contributed by atoms with Crippen molar-refractivity contribution in [2.24, 2.45) is 5.92 Å². The van der Waals surface area contributed by atoms with Gasteiger partial charge < -0.3 is 4.74 Å². The Morgan fingerprint density at radius 3 is 3.00 bits per heavy atom. The van der Waals surface area contributed by atoms with Crippen molar-refractivity contribution in [2.75, 3.05) is 18.5 Å². The number of hydrogen-bond donors (Lipinski definition) is 0. The van der Waals surface area contributed by atoms with E-state index in [1.807, 2.05) is 0 Å². The molecule has 1 fully saturated rings. The summed E-state index contributed by atoms with van der Waals surface area (Å²) in [5.41, 5.74) is 0. The first-order valence-electron chi connectivity index (χ1n) is 3.12. The molecule has 0 spiro atoms. The lowest BCUT2D eigenvalue weighted by molar-refractivity contribution is 0.162. The molecule has 0 aliphatic carbocycles. The van der Waals surface area contributed by atoms with E-state index in [0.717, 1.165) is 13.0 Å². The standard InChI is InChI=1S/C6H10BrFO/c7-3-6(8)5-1-2-9-4-5/h5-6H,1-4H2/t5-,6+/m0/s1. The zero-order chi connectivity index (χ0) is 6.69. The number of rotatable bonds is 2. The van der Waals surface area contributed by atoms with Gasteiger partial charge in [-0.25, -0.2) is 4.39 Å². The van der Waals surface area contributed by atoms with Crippen molar-refractivity contribution in [2.45, 2.75) is 12.6 Å². The number of halogens is 2. The Morgan fingerprint density at radius 2 is 2.56 bits per heavy atom. The van der Waals surface area contributed by atoms with Crippen LogP contribution in [0.4, 0.5) is 4.39 Å². The van der Waals surface area contributed by atoms with Crippen molar-refractivity contribution in [1.82, 2.24) is 0 Å². The first-order chi connectivity index (χ1) is 4.34. The normalized spacial score (nSPS) is 30.7. The van der Waals surface area contributed by atoms with Crippen LogP contribution in [0.25, 0.3) is 0 Å². The second-order valence-electron chi connectivity index (χ2n) is 2.29. The molecule has 0 bridgehead atoms. The summed E-state index contributed by atoms with van der Waals surface area (Å²) in [7, 11) is 0. The first kappa shape index (κ1) is 7.48. The van der Waals surface area contributed by atoms with Gasteiger partial charge in [0.15, 0.2) is 0 Å². The molecule has 1 rings (SSSR count). The number of hydrogen-bond acceptors (Lipinski definition) is 1. The second-order valence-corrected chi connectivity index (χ2v) is 2.94. The minimum atomic E-state index is -0.715. The highest BCUT2D eigenvalue weighted by Crippen LogP contribution is 2.20. The second kappa shape index (κ2) is 3.52. The summed E-state index contributed by atoms with van der Waals surface area (Å²) in [5, 5.41) is 0.445. The Bertz CT molecular complexity index is 83.1. The smallest absolute Gasteiger partial charge is 0.115 e. The molecule has 3 heteroatoms. The van der Waals surface area contributed by atoms with Crippen molar-refractivity contribution >= 4 is 15.9 Å². The molecule has 0 saturated carbocycles. The molecule has 0 radical (unpaired) electrons. The molecule has 0 aromatic heterocycles. The molecule has 0 unspecified atom stereocenters. The Hall–Kier alpha value is 0.370. The van der Waals surface area contributed by atoms with Crippen LogP contribution in [0.2, 0.25) is 0 Å². The zero-order valence-corrected chi connectivity index (χ0v) is 6.73. The van der Waals surface area contributed by atoms with Gasteiger partial charge in [0, 0.05) is 17.9 Å². The van der Waals surface area contributed by atoms with E-state index in [-0.39, 0.29) is 5.92 Å². The maximum Gasteiger partial charge on any atom is 0.115 e. The summed E-state index contributed by atoms with van der Waals surface area (Å²) in [4.78, 5) is 0. The van der Waals surface area contributed by atoms with Crippen molar-refractivity contribution in [3.8, 4) is 0 Å². The van der Waals surface area contributed by atoms with Gasteiger partial charge >= 0.3 is 0 Å². The molecule has 1 saturated heterocycles. The monoisotopic (exact) mass is 196 g/mol. The van der Waals surface area contributed by atoms with Gasteiger partial charge in [-0.15, -0.1) is 0 Å². The minimum absolute atomic E-state index is 0.143. The molecule has 9 heavy (non-hydrogen) atoms. The lowest BCUT2D eigenvalue weighted by atomic mass is 10.1. The predicted molar refractivity (Wildman–Crippen MR) is 37.6 cm³/mol. The van der Waals surface area contributed by atoms with Crippen LogP contribution >= 0.6 is 15.9 Å². The molecule has 1 heterocycles. The fourth-order valence-electron chi connectivity index (χ4n) is 0.964. The van der Waals surface area contributed by atoms with Gasteiger partial charge in [0.1, 0.15) is 6.17 Å². The largest absolute Gasteiger partial charge is 0.381 e. The van der Waals surface area contributed by atoms with E-state index in [1.165, 1.54) is 0 Å². The lowest BCUT2D eigenvalue weighted by Crippen LogP contribution is -2.16. The highest BCUT2D eigenvalue weighted by atomic mass is 79.9. The summed E-state index contributed by atoms with van der Waals surface area (Å²) >= 11 is 3.09. The Balaban J connectivity index is 2.24. The molecule has 2 atom stereocenters. The van der Waals surface area contributed by atoms with Gasteiger partial charge in [0.05, 0.1) is 6.61 Å². The third kappa shape index (κ3) is 1.90. The van der Waals surface area contributed by atoms with Gasteiger partial charge in [-0.1, -0.05) is 15.9 Å². The Kier molecular flexibility index (Phi) is 2.92. The highest BCUT2D eigenvalue weighted by molar-refractivity contribution is 9.09. The maximum atomic E-state index is 12.7. The van der Waals surface area contributed by atoms with E-state index in [4.69, 9.17) is 4.74 Å². The Morgan fingerprint density at radius 1 is 1.78 bits per heavy atom. The van der Waals surface area contributed by atoms with Crippen LogP contribution in [0, 0.1) is 5.92 Å². The maximum absolute atomic E-state index is 12.7. The average Bonchev–Trinajstić information content (AvgIpc) is 2.37. The van der Waals surface area contributed by atoms with Crippen LogP contribution in [0.3, 0.4) is 0 Å². The minimum Gasteiger partial charge on any atom is -0.381 e. The van der Waals surface area contributed by atoms with E-state index in [9.17, 15) is 4.39 Å². The third-order valence-electron chi connectivity index (χ3n) is 1.62. The lowest BCUT2D eigenvalue weighted by Gasteiger charge is -2.09. The van der Waals surface area contributed by atoms with Gasteiger partial charge in [-0.05, 0) is 6.42 Å². The predicted octanol–water partition coefficient (Wildman–Crippen LogP) is 1.76. The van der Waals surface area contributed by atoms with Crippen LogP contribution in [0.5, 0.6) is 0 Å². The van der Waals surface area contributed by atoms with E-state index >= 15 is 0 Å². The van der Waals surface area contributed by atoms with E-state index in [2.05, 4.69) is 15.9 Å². The van der Waals surface area contributed by atoms with Crippen molar-refractivity contribution < 1.29 is 9.13 Å². The quantitative estimate of drug-likeness (QED) is 0.613. The van der Waals surface area contributed by atoms with Crippen molar-refractivity contribution in [1.29, 1.82) is 0 Å². The molecule has 0 aromatic carbocycles. The van der Waals surface area contributed by atoms with E-state index in [1.54, 1.807) is 0 Å². The van der Waals surface area contributed by atoms with Crippen molar-refractivity contribution in [3.05, 3.63) is 0 Å². The Labute approximate surface area is 62.7 Å². The molecule has 0 aromatic rings. The number of alkyl halides is 2. The van der Waals surface area contributed by atoms with Crippen LogP contribution in [0.1, 0.15) is 6.42 Å². The van der Waals surface area contributed by atoms with Gasteiger partial charge in [0.2, 0.25) is 0 Å². The summed E-state index contributed by atoms with van der Waals surface area (Å²) in [6.45, 7) is 1.34. The molecular weight excluding hydrogens is 187 g/mol. The van der Waals surface area contributed by atoms with Crippen LogP contribution in [-0.2, 0) is 4.74 Å². The molecule has 1 aliphatic heterocycles. The van der Waals surface area contributed by atoms with Crippen LogP contribution < -0.4 is 0 Å². The third-order valence-corrected chi connectivity index (χ3v) is 2.24. The molecule has 0 amide bonds. The first-order valence-corrected chi connectivity index (χ1v) is 4.24. The summed E-state index contributed by atoms with van der Waals surface area (Å²) in [5.74, 6) is 0.143. The van der Waals surface area contributed by atoms with Gasteiger partial charge in [-0.2, -0.15) is 0 Å². The van der Waals surface area contributed by atoms with E-state index in [0.29, 0.717) is 11.9 Å². The van der Waals surface area contributed by atoms with Crippen LogP contribution in [0.15, 0.2) is 0 Å². The fourth-order valence-corrected chi connectivity index (χ4v) is 1.49. The molecule has 1 nitrogen and oxygen atoms in total. The molecule has 1 aliphatic rings. The highest BCUT2D eigenvalue weighted by Gasteiger charge is 2.23. The fraction of sp³-hybridized carbons (Fsp3) is 1.00. The van der Waals surface area contributed by atoms with Gasteiger partial charge in [-0.3, -0.25) is 0 Å².